The quantitative estimate of drug-likeness (QED) is 0.884. The van der Waals surface area contributed by atoms with E-state index >= 15 is 0 Å². The molecule has 2 nitrogen and oxygen atoms in total. The maximum Gasteiger partial charge on any atom is 0.0706 e. The van der Waals surface area contributed by atoms with Gasteiger partial charge in [0.05, 0.1) is 11.2 Å². The van der Waals surface area contributed by atoms with Crippen LogP contribution >= 0.6 is 11.6 Å². The average molecular weight is 249 g/mol. The molecule has 90 valence electrons. The lowest BCUT2D eigenvalue weighted by Gasteiger charge is -2.24. The Morgan fingerprint density at radius 3 is 2.65 bits per heavy atom. The summed E-state index contributed by atoms with van der Waals surface area (Å²) in [4.78, 5) is 4.72. The Balaban J connectivity index is 2.68. The zero-order chi connectivity index (χ0) is 12.6. The normalized spacial score (nSPS) is 12.1. The largest absolute Gasteiger partial charge is 0.330 e. The van der Waals surface area contributed by atoms with Crippen LogP contribution < -0.4 is 5.73 Å². The molecule has 0 radical (unpaired) electrons. The molecule has 17 heavy (non-hydrogen) atoms. The van der Waals surface area contributed by atoms with Crippen molar-refractivity contribution in [2.75, 3.05) is 6.54 Å². The fraction of sp³-hybridized carbons (Fsp3) is 0.357. The summed E-state index contributed by atoms with van der Waals surface area (Å²) in [5, 5.41) is 1.82. The summed E-state index contributed by atoms with van der Waals surface area (Å²) in [6, 6.07) is 7.88. The van der Waals surface area contributed by atoms with Crippen molar-refractivity contribution >= 4 is 22.5 Å². The smallest absolute Gasteiger partial charge is 0.0706 e. The third-order valence-electron chi connectivity index (χ3n) is 3.12. The Kier molecular flexibility index (Phi) is 3.11. The molecule has 1 heterocycles. The Morgan fingerprint density at radius 2 is 2.00 bits per heavy atom. The number of halogens is 1. The Hall–Kier alpha value is -1.12. The summed E-state index contributed by atoms with van der Waals surface area (Å²) in [5.41, 5.74) is 8.91. The maximum absolute atomic E-state index is 5.98. The van der Waals surface area contributed by atoms with Crippen molar-refractivity contribution in [2.45, 2.75) is 26.2 Å². The van der Waals surface area contributed by atoms with E-state index in [0.29, 0.717) is 6.54 Å². The van der Waals surface area contributed by atoms with Crippen molar-refractivity contribution < 1.29 is 0 Å². The van der Waals surface area contributed by atoms with E-state index in [-0.39, 0.29) is 5.41 Å². The van der Waals surface area contributed by atoms with Crippen LogP contribution in [-0.4, -0.2) is 11.5 Å². The number of benzene rings is 1. The van der Waals surface area contributed by atoms with Crippen LogP contribution in [0, 0.1) is 6.92 Å². The first kappa shape index (κ1) is 12.3. The number of nitrogens with zero attached hydrogens (tertiary/aromatic N) is 1. The number of rotatable bonds is 2. The lowest BCUT2D eigenvalue weighted by Crippen LogP contribution is -2.30. The fourth-order valence-corrected chi connectivity index (χ4v) is 2.22. The van der Waals surface area contributed by atoms with E-state index in [1.807, 2.05) is 18.2 Å². The van der Waals surface area contributed by atoms with Crippen LogP contribution in [0.1, 0.15) is 25.1 Å². The highest BCUT2D eigenvalue weighted by Gasteiger charge is 2.22. The average Bonchev–Trinajstić information content (AvgIpc) is 2.27. The summed E-state index contributed by atoms with van der Waals surface area (Å²) in [7, 11) is 0. The van der Waals surface area contributed by atoms with Gasteiger partial charge in [-0.15, -0.1) is 0 Å². The molecule has 0 aliphatic heterocycles. The van der Waals surface area contributed by atoms with Crippen molar-refractivity contribution in [3.05, 3.63) is 40.5 Å². The third-order valence-corrected chi connectivity index (χ3v) is 3.35. The van der Waals surface area contributed by atoms with Gasteiger partial charge in [-0.2, -0.15) is 0 Å². The minimum absolute atomic E-state index is 0.0993. The second-order valence-electron chi connectivity index (χ2n) is 5.08. The molecule has 0 aliphatic rings. The molecule has 0 unspecified atom stereocenters. The molecule has 1 aromatic carbocycles. The number of aromatic nitrogens is 1. The summed E-state index contributed by atoms with van der Waals surface area (Å²) in [6.45, 7) is 6.88. The maximum atomic E-state index is 5.98. The number of aryl methyl sites for hydroxylation is 1. The lowest BCUT2D eigenvalue weighted by molar-refractivity contribution is 0.520. The molecule has 0 fully saturated rings. The van der Waals surface area contributed by atoms with Gasteiger partial charge in [0.25, 0.3) is 0 Å². The highest BCUT2D eigenvalue weighted by molar-refractivity contribution is 6.31. The summed E-state index contributed by atoms with van der Waals surface area (Å²) in [5.74, 6) is 0. The number of hydrogen-bond donors (Lipinski definition) is 1. The molecule has 0 amide bonds. The highest BCUT2D eigenvalue weighted by atomic mass is 35.5. The van der Waals surface area contributed by atoms with Gasteiger partial charge in [-0.25, -0.2) is 0 Å². The lowest BCUT2D eigenvalue weighted by atomic mass is 9.86. The van der Waals surface area contributed by atoms with Crippen molar-refractivity contribution in [2.24, 2.45) is 5.73 Å². The SMILES string of the molecule is Cc1cc2cc(Cl)ccc2nc1C(C)(C)CN. The molecule has 2 rings (SSSR count). The summed E-state index contributed by atoms with van der Waals surface area (Å²) in [6.07, 6.45) is 0. The molecular formula is C14H17ClN2. The van der Waals surface area contributed by atoms with Gasteiger partial charge in [0.2, 0.25) is 0 Å². The van der Waals surface area contributed by atoms with E-state index in [1.54, 1.807) is 0 Å². The molecular weight excluding hydrogens is 232 g/mol. The fourth-order valence-electron chi connectivity index (χ4n) is 2.03. The van der Waals surface area contributed by atoms with E-state index in [2.05, 4.69) is 26.8 Å². The van der Waals surface area contributed by atoms with E-state index in [1.165, 1.54) is 0 Å². The van der Waals surface area contributed by atoms with Crippen LogP contribution in [0.3, 0.4) is 0 Å². The third kappa shape index (κ3) is 2.28. The molecule has 2 N–H and O–H groups in total. The molecule has 0 spiro atoms. The minimum atomic E-state index is -0.0993. The highest BCUT2D eigenvalue weighted by Crippen LogP contribution is 2.27. The van der Waals surface area contributed by atoms with Crippen LogP contribution in [0.5, 0.6) is 0 Å². The first-order valence-electron chi connectivity index (χ1n) is 5.71. The molecule has 0 aliphatic carbocycles. The van der Waals surface area contributed by atoms with Crippen molar-refractivity contribution in [3.63, 3.8) is 0 Å². The molecule has 0 bridgehead atoms. The van der Waals surface area contributed by atoms with Gasteiger partial charge in [0.15, 0.2) is 0 Å². The minimum Gasteiger partial charge on any atom is -0.330 e. The van der Waals surface area contributed by atoms with E-state index in [9.17, 15) is 0 Å². The predicted molar refractivity (Wildman–Crippen MR) is 73.6 cm³/mol. The van der Waals surface area contributed by atoms with Crippen molar-refractivity contribution in [3.8, 4) is 0 Å². The monoisotopic (exact) mass is 248 g/mol. The van der Waals surface area contributed by atoms with Crippen LogP contribution in [0.25, 0.3) is 10.9 Å². The van der Waals surface area contributed by atoms with Crippen LogP contribution in [0.4, 0.5) is 0 Å². The zero-order valence-electron chi connectivity index (χ0n) is 10.4. The van der Waals surface area contributed by atoms with Gasteiger partial charge in [0, 0.05) is 22.4 Å². The standard InChI is InChI=1S/C14H17ClN2/c1-9-6-10-7-11(15)4-5-12(10)17-13(9)14(2,3)8-16/h4-7H,8,16H2,1-3H3. The van der Waals surface area contributed by atoms with Crippen molar-refractivity contribution in [1.29, 1.82) is 0 Å². The Labute approximate surface area is 107 Å². The number of nitrogens with two attached hydrogens (primary N) is 1. The molecule has 2 aromatic rings. The first-order chi connectivity index (χ1) is 7.94. The molecule has 0 saturated heterocycles. The topological polar surface area (TPSA) is 38.9 Å². The van der Waals surface area contributed by atoms with Gasteiger partial charge >= 0.3 is 0 Å². The molecule has 0 saturated carbocycles. The number of fused-ring (bicyclic) bond motifs is 1. The van der Waals surface area contributed by atoms with Crippen molar-refractivity contribution in [1.82, 2.24) is 4.98 Å². The predicted octanol–water partition coefficient (Wildman–Crippen LogP) is 3.43. The first-order valence-corrected chi connectivity index (χ1v) is 6.09. The van der Waals surface area contributed by atoms with E-state index < -0.39 is 0 Å². The molecule has 1 aromatic heterocycles. The van der Waals surface area contributed by atoms with Gasteiger partial charge in [-0.3, -0.25) is 4.98 Å². The van der Waals surface area contributed by atoms with Crippen LogP contribution in [0.2, 0.25) is 5.02 Å². The van der Waals surface area contributed by atoms with Gasteiger partial charge in [-0.1, -0.05) is 25.4 Å². The van der Waals surface area contributed by atoms with Gasteiger partial charge in [-0.05, 0) is 36.8 Å². The van der Waals surface area contributed by atoms with Crippen LogP contribution in [0.15, 0.2) is 24.3 Å². The second kappa shape index (κ2) is 4.28. The second-order valence-corrected chi connectivity index (χ2v) is 5.52. The Bertz CT molecular complexity index is 561. The van der Waals surface area contributed by atoms with Gasteiger partial charge in [0.1, 0.15) is 0 Å². The number of hydrogen-bond acceptors (Lipinski definition) is 2. The summed E-state index contributed by atoms with van der Waals surface area (Å²) < 4.78 is 0. The summed E-state index contributed by atoms with van der Waals surface area (Å²) >= 11 is 5.98. The Morgan fingerprint density at radius 1 is 1.29 bits per heavy atom. The van der Waals surface area contributed by atoms with Crippen LogP contribution in [-0.2, 0) is 5.41 Å². The van der Waals surface area contributed by atoms with E-state index in [4.69, 9.17) is 22.3 Å². The van der Waals surface area contributed by atoms with E-state index in [0.717, 1.165) is 27.2 Å². The molecule has 3 heteroatoms. The number of pyridine rings is 1. The zero-order valence-corrected chi connectivity index (χ0v) is 11.2. The molecule has 0 atom stereocenters. The van der Waals surface area contributed by atoms with Gasteiger partial charge < -0.3 is 5.73 Å².